The van der Waals surface area contributed by atoms with Crippen LogP contribution in [0.1, 0.15) is 29.4 Å². The fourth-order valence-corrected chi connectivity index (χ4v) is 4.11. The molecule has 2 amide bonds. The molecule has 4 rings (SSSR count). The van der Waals surface area contributed by atoms with Crippen molar-refractivity contribution in [2.45, 2.75) is 25.9 Å². The number of piperidine rings is 1. The Kier molecular flexibility index (Phi) is 5.89. The molecule has 1 fully saturated rings. The normalized spacial score (nSPS) is 16.8. The number of carbonyl (C=O) groups excluding carboxylic acids is 3. The fraction of sp³-hybridized carbons (Fsp3) is 0.381. The molecule has 158 valence electrons. The molecule has 0 saturated carbocycles. The lowest BCUT2D eigenvalue weighted by Crippen LogP contribution is -2.41. The minimum atomic E-state index is -0.936. The number of ether oxygens (including phenoxy) is 3. The Labute approximate surface area is 177 Å². The van der Waals surface area contributed by atoms with Crippen molar-refractivity contribution in [2.75, 3.05) is 25.2 Å². The second-order valence-corrected chi connectivity index (χ2v) is 8.13. The molecule has 0 spiro atoms. The number of amides is 2. The zero-order valence-corrected chi connectivity index (χ0v) is 17.3. The lowest BCUT2D eigenvalue weighted by Gasteiger charge is -2.31. The highest BCUT2D eigenvalue weighted by Gasteiger charge is 2.31. The van der Waals surface area contributed by atoms with E-state index < -0.39 is 18.0 Å². The molecule has 2 aromatic rings. The van der Waals surface area contributed by atoms with Crippen LogP contribution in [-0.2, 0) is 14.3 Å². The van der Waals surface area contributed by atoms with Crippen LogP contribution in [0.5, 0.6) is 11.5 Å². The zero-order chi connectivity index (χ0) is 21.1. The van der Waals surface area contributed by atoms with Gasteiger partial charge in [-0.2, -0.15) is 0 Å². The van der Waals surface area contributed by atoms with Crippen LogP contribution in [0.3, 0.4) is 0 Å². The number of benzene rings is 1. The van der Waals surface area contributed by atoms with E-state index in [1.54, 1.807) is 29.2 Å². The lowest BCUT2D eigenvalue weighted by molar-refractivity contribution is -0.158. The van der Waals surface area contributed by atoms with E-state index in [1.165, 1.54) is 18.3 Å². The maximum atomic E-state index is 12.5. The molecule has 1 atom stereocenters. The average Bonchev–Trinajstić information content (AvgIpc) is 3.45. The van der Waals surface area contributed by atoms with Gasteiger partial charge in [0.05, 0.1) is 10.8 Å². The van der Waals surface area contributed by atoms with E-state index in [2.05, 4.69) is 5.32 Å². The highest BCUT2D eigenvalue weighted by Crippen LogP contribution is 2.34. The number of nitrogens with zero attached hydrogens (tertiary/aromatic N) is 1. The topological polar surface area (TPSA) is 94.2 Å². The second-order valence-electron chi connectivity index (χ2n) is 7.18. The van der Waals surface area contributed by atoms with Crippen LogP contribution in [0.15, 0.2) is 35.7 Å². The van der Waals surface area contributed by atoms with E-state index in [9.17, 15) is 14.4 Å². The molecule has 2 aliphatic heterocycles. The summed E-state index contributed by atoms with van der Waals surface area (Å²) in [6.07, 6.45) is 0.104. The maximum Gasteiger partial charge on any atom is 0.309 e. The molecule has 30 heavy (non-hydrogen) atoms. The Morgan fingerprint density at radius 3 is 2.67 bits per heavy atom. The van der Waals surface area contributed by atoms with Gasteiger partial charge in [0.2, 0.25) is 6.79 Å². The number of likely N-dealkylation sites (tertiary alicyclic amines) is 1. The summed E-state index contributed by atoms with van der Waals surface area (Å²) in [5, 5.41) is 4.58. The summed E-state index contributed by atoms with van der Waals surface area (Å²) in [6.45, 7) is 2.68. The van der Waals surface area contributed by atoms with Crippen LogP contribution in [0, 0.1) is 5.92 Å². The van der Waals surface area contributed by atoms with Crippen LogP contribution >= 0.6 is 11.3 Å². The number of hydrogen-bond acceptors (Lipinski definition) is 7. The van der Waals surface area contributed by atoms with Crippen molar-refractivity contribution in [2.24, 2.45) is 5.92 Å². The van der Waals surface area contributed by atoms with E-state index >= 15 is 0 Å². The van der Waals surface area contributed by atoms with Gasteiger partial charge in [-0.1, -0.05) is 6.07 Å². The van der Waals surface area contributed by atoms with Crippen LogP contribution < -0.4 is 14.8 Å². The molecule has 0 unspecified atom stereocenters. The Hall–Kier alpha value is -3.07. The number of fused-ring (bicyclic) bond motifs is 1. The number of nitrogens with one attached hydrogen (secondary N) is 1. The molecule has 0 bridgehead atoms. The summed E-state index contributed by atoms with van der Waals surface area (Å²) in [5.74, 6) is 0.0169. The molecule has 0 aliphatic carbocycles. The first kappa shape index (κ1) is 20.2. The number of carbonyl (C=O) groups is 3. The minimum absolute atomic E-state index is 0.00621. The predicted octanol–water partition coefficient (Wildman–Crippen LogP) is 2.90. The second kappa shape index (κ2) is 8.74. The molecule has 0 radical (unpaired) electrons. The zero-order valence-electron chi connectivity index (χ0n) is 16.5. The quantitative estimate of drug-likeness (QED) is 0.733. The van der Waals surface area contributed by atoms with Crippen LogP contribution in [-0.4, -0.2) is 48.7 Å². The summed E-state index contributed by atoms with van der Waals surface area (Å²) >= 11 is 1.41. The molecule has 1 aromatic heterocycles. The third-order valence-corrected chi connectivity index (χ3v) is 6.01. The number of rotatable bonds is 5. The van der Waals surface area contributed by atoms with Gasteiger partial charge < -0.3 is 24.4 Å². The smallest absolute Gasteiger partial charge is 0.309 e. The largest absolute Gasteiger partial charge is 0.454 e. The molecule has 1 aromatic carbocycles. The Bertz CT molecular complexity index is 937. The van der Waals surface area contributed by atoms with E-state index in [0.29, 0.717) is 48.0 Å². The lowest BCUT2D eigenvalue weighted by atomic mass is 9.97. The van der Waals surface area contributed by atoms with Crippen molar-refractivity contribution in [3.63, 3.8) is 0 Å². The van der Waals surface area contributed by atoms with Crippen molar-refractivity contribution in [1.82, 2.24) is 4.90 Å². The molecular formula is C21H22N2O6S. The van der Waals surface area contributed by atoms with Crippen molar-refractivity contribution < 1.29 is 28.6 Å². The van der Waals surface area contributed by atoms with Gasteiger partial charge in [-0.3, -0.25) is 14.4 Å². The first-order chi connectivity index (χ1) is 14.5. The van der Waals surface area contributed by atoms with Gasteiger partial charge in [-0.15, -0.1) is 11.3 Å². The van der Waals surface area contributed by atoms with Gasteiger partial charge >= 0.3 is 5.97 Å². The van der Waals surface area contributed by atoms with Crippen LogP contribution in [0.2, 0.25) is 0 Å². The maximum absolute atomic E-state index is 12.5. The molecule has 1 N–H and O–H groups in total. The average molecular weight is 430 g/mol. The molecule has 8 nitrogen and oxygen atoms in total. The highest BCUT2D eigenvalue weighted by atomic mass is 32.1. The predicted molar refractivity (Wildman–Crippen MR) is 110 cm³/mol. The van der Waals surface area contributed by atoms with Crippen molar-refractivity contribution in [3.05, 3.63) is 40.6 Å². The van der Waals surface area contributed by atoms with Gasteiger partial charge in [-0.05, 0) is 43.3 Å². The van der Waals surface area contributed by atoms with Gasteiger partial charge in [-0.25, -0.2) is 0 Å². The Morgan fingerprint density at radius 2 is 1.93 bits per heavy atom. The number of thiophene rings is 1. The van der Waals surface area contributed by atoms with Crippen molar-refractivity contribution >= 4 is 34.8 Å². The number of anilines is 1. The SMILES string of the molecule is C[C@H](OC(=O)C1CCN(C(=O)c2cccs2)CC1)C(=O)Nc1ccc2c(c1)OCO2. The van der Waals surface area contributed by atoms with E-state index in [1.807, 2.05) is 11.4 Å². The molecule has 3 heterocycles. The van der Waals surface area contributed by atoms with Gasteiger partial charge in [0.15, 0.2) is 17.6 Å². The standard InChI is InChI=1S/C21H22N2O6S/c1-13(19(24)22-15-4-5-16-17(11-15)28-12-27-16)29-21(26)14-6-8-23(9-7-14)20(25)18-3-2-10-30-18/h2-5,10-11,13-14H,6-9,12H2,1H3,(H,22,24)/t13-/m0/s1. The number of hydrogen-bond donors (Lipinski definition) is 1. The molecule has 2 aliphatic rings. The summed E-state index contributed by atoms with van der Waals surface area (Å²) in [7, 11) is 0. The van der Waals surface area contributed by atoms with Crippen molar-refractivity contribution in [3.8, 4) is 11.5 Å². The third-order valence-electron chi connectivity index (χ3n) is 5.15. The summed E-state index contributed by atoms with van der Waals surface area (Å²) in [5.41, 5.74) is 0.535. The van der Waals surface area contributed by atoms with Crippen molar-refractivity contribution in [1.29, 1.82) is 0 Å². The van der Waals surface area contributed by atoms with Gasteiger partial charge in [0.25, 0.3) is 11.8 Å². The molecular weight excluding hydrogens is 408 g/mol. The monoisotopic (exact) mass is 430 g/mol. The first-order valence-corrected chi connectivity index (χ1v) is 10.6. The van der Waals surface area contributed by atoms with E-state index in [-0.39, 0.29) is 18.6 Å². The highest BCUT2D eigenvalue weighted by molar-refractivity contribution is 7.12. The van der Waals surface area contributed by atoms with E-state index in [0.717, 1.165) is 0 Å². The fourth-order valence-electron chi connectivity index (χ4n) is 3.42. The number of esters is 1. The minimum Gasteiger partial charge on any atom is -0.454 e. The summed E-state index contributed by atoms with van der Waals surface area (Å²) in [6, 6.07) is 8.71. The summed E-state index contributed by atoms with van der Waals surface area (Å²) in [4.78, 5) is 39.7. The first-order valence-electron chi connectivity index (χ1n) is 9.75. The third kappa shape index (κ3) is 4.40. The molecule has 1 saturated heterocycles. The Balaban J connectivity index is 1.25. The summed E-state index contributed by atoms with van der Waals surface area (Å²) < 4.78 is 15.9. The van der Waals surface area contributed by atoms with Gasteiger partial charge in [0, 0.05) is 24.8 Å². The Morgan fingerprint density at radius 1 is 1.17 bits per heavy atom. The van der Waals surface area contributed by atoms with Crippen LogP contribution in [0.4, 0.5) is 5.69 Å². The molecule has 9 heteroatoms. The van der Waals surface area contributed by atoms with E-state index in [4.69, 9.17) is 14.2 Å². The van der Waals surface area contributed by atoms with Gasteiger partial charge in [0.1, 0.15) is 0 Å². The van der Waals surface area contributed by atoms with Crippen LogP contribution in [0.25, 0.3) is 0 Å².